The molecule has 0 unspecified atom stereocenters. The van der Waals surface area contributed by atoms with Crippen LogP contribution < -0.4 is 4.31 Å². The number of hydrogen-bond acceptors (Lipinski definition) is 6. The lowest BCUT2D eigenvalue weighted by molar-refractivity contribution is 0.101. The lowest BCUT2D eigenvalue weighted by Gasteiger charge is -2.28. The molecule has 0 spiro atoms. The summed E-state index contributed by atoms with van der Waals surface area (Å²) < 4.78 is 25.8. The summed E-state index contributed by atoms with van der Waals surface area (Å²) in [7, 11) is -3.47. The van der Waals surface area contributed by atoms with Crippen LogP contribution in [0.2, 0.25) is 0 Å². The second kappa shape index (κ2) is 5.20. The van der Waals surface area contributed by atoms with Gasteiger partial charge in [0.05, 0.1) is 5.75 Å². The number of carbonyl (C=O) groups excluding carboxylic acids is 1. The number of aromatic hydroxyl groups is 1. The summed E-state index contributed by atoms with van der Waals surface area (Å²) in [5.41, 5.74) is 0.0143. The van der Waals surface area contributed by atoms with Gasteiger partial charge in [0.15, 0.2) is 23.0 Å². The van der Waals surface area contributed by atoms with Crippen molar-refractivity contribution >= 4 is 32.5 Å². The van der Waals surface area contributed by atoms with E-state index in [9.17, 15) is 18.3 Å². The van der Waals surface area contributed by atoms with E-state index in [1.54, 1.807) is 12.1 Å². The van der Waals surface area contributed by atoms with Crippen LogP contribution >= 0.6 is 0 Å². The first kappa shape index (κ1) is 14.7. The minimum absolute atomic E-state index is 0.0483. The lowest BCUT2D eigenvalue weighted by atomic mass is 10.1. The van der Waals surface area contributed by atoms with Gasteiger partial charge in [-0.1, -0.05) is 0 Å². The van der Waals surface area contributed by atoms with Gasteiger partial charge in [0.25, 0.3) is 0 Å². The Morgan fingerprint density at radius 3 is 2.82 bits per heavy atom. The van der Waals surface area contributed by atoms with Crippen LogP contribution in [0.3, 0.4) is 0 Å². The predicted molar refractivity (Wildman–Crippen MR) is 81.6 cm³/mol. The zero-order valence-electron chi connectivity index (χ0n) is 12.0. The average molecular weight is 321 g/mol. The number of ketones is 1. The van der Waals surface area contributed by atoms with Crippen LogP contribution in [0.5, 0.6) is 5.75 Å². The van der Waals surface area contributed by atoms with Crippen molar-refractivity contribution in [2.24, 2.45) is 0 Å². The van der Waals surface area contributed by atoms with Gasteiger partial charge in [0, 0.05) is 25.1 Å². The van der Waals surface area contributed by atoms with Crippen molar-refractivity contribution in [3.8, 4) is 5.75 Å². The van der Waals surface area contributed by atoms with Gasteiger partial charge in [-0.2, -0.15) is 0 Å². The summed E-state index contributed by atoms with van der Waals surface area (Å²) in [4.78, 5) is 19.9. The summed E-state index contributed by atoms with van der Waals surface area (Å²) in [6.07, 6.45) is 2.80. The van der Waals surface area contributed by atoms with Gasteiger partial charge in [0.2, 0.25) is 10.0 Å². The Balaban J connectivity index is 2.33. The molecule has 22 heavy (non-hydrogen) atoms. The van der Waals surface area contributed by atoms with E-state index in [0.717, 1.165) is 6.42 Å². The van der Waals surface area contributed by atoms with E-state index in [2.05, 4.69) is 9.97 Å². The molecule has 3 rings (SSSR count). The van der Waals surface area contributed by atoms with Gasteiger partial charge >= 0.3 is 0 Å². The van der Waals surface area contributed by atoms with Crippen molar-refractivity contribution in [3.05, 3.63) is 24.0 Å². The highest BCUT2D eigenvalue weighted by Crippen LogP contribution is 2.34. The van der Waals surface area contributed by atoms with Crippen LogP contribution in [0, 0.1) is 0 Å². The van der Waals surface area contributed by atoms with Crippen LogP contribution in [0.1, 0.15) is 30.3 Å². The van der Waals surface area contributed by atoms with E-state index in [1.807, 2.05) is 0 Å². The maximum Gasteiger partial charge on any atom is 0.236 e. The van der Waals surface area contributed by atoms with Crippen molar-refractivity contribution in [2.75, 3.05) is 16.6 Å². The van der Waals surface area contributed by atoms with E-state index >= 15 is 0 Å². The zero-order valence-corrected chi connectivity index (χ0v) is 12.8. The molecule has 116 valence electrons. The smallest absolute Gasteiger partial charge is 0.236 e. The normalized spacial score (nSPS) is 17.6. The molecule has 8 heteroatoms. The summed E-state index contributed by atoms with van der Waals surface area (Å²) in [6, 6.07) is 3.27. The van der Waals surface area contributed by atoms with Gasteiger partial charge in [-0.05, 0) is 25.0 Å². The van der Waals surface area contributed by atoms with E-state index in [4.69, 9.17) is 0 Å². The Morgan fingerprint density at radius 1 is 1.36 bits per heavy atom. The van der Waals surface area contributed by atoms with Gasteiger partial charge in [-0.15, -0.1) is 0 Å². The molecule has 1 fully saturated rings. The maximum atomic E-state index is 12.3. The number of anilines is 1. The Bertz CT molecular complexity index is 864. The van der Waals surface area contributed by atoms with Crippen LogP contribution in [0.25, 0.3) is 10.9 Å². The summed E-state index contributed by atoms with van der Waals surface area (Å²) in [5, 5.41) is 10.6. The molecule has 0 amide bonds. The number of rotatable bonds is 2. The predicted octanol–water partition coefficient (Wildman–Crippen LogP) is 1.47. The van der Waals surface area contributed by atoms with E-state index in [-0.39, 0.29) is 28.5 Å². The monoisotopic (exact) mass is 321 g/mol. The van der Waals surface area contributed by atoms with Crippen molar-refractivity contribution in [1.82, 2.24) is 9.97 Å². The molecule has 1 N–H and O–H groups in total. The molecule has 0 aromatic carbocycles. The Kier molecular flexibility index (Phi) is 3.48. The maximum absolute atomic E-state index is 12.3. The number of sulfonamides is 1. The molecule has 1 saturated heterocycles. The van der Waals surface area contributed by atoms with Gasteiger partial charge in [0.1, 0.15) is 5.52 Å². The molecule has 2 aromatic rings. The fraction of sp³-hybridized carbons (Fsp3) is 0.357. The van der Waals surface area contributed by atoms with E-state index in [0.29, 0.717) is 18.4 Å². The second-order valence-corrected chi connectivity index (χ2v) is 7.20. The van der Waals surface area contributed by atoms with Crippen LogP contribution in [0.15, 0.2) is 18.3 Å². The quantitative estimate of drug-likeness (QED) is 0.841. The molecule has 0 radical (unpaired) electrons. The number of aromatic nitrogens is 2. The third-order valence-electron chi connectivity index (χ3n) is 3.63. The third-order valence-corrected chi connectivity index (χ3v) is 5.47. The van der Waals surface area contributed by atoms with Crippen molar-refractivity contribution in [1.29, 1.82) is 0 Å². The lowest BCUT2D eigenvalue weighted by Crippen LogP contribution is -2.38. The number of carbonyl (C=O) groups is 1. The SMILES string of the molecule is CC(=O)c1nc(N2CCCCS2(=O)=O)c2cccnc2c1O. The fourth-order valence-electron chi connectivity index (χ4n) is 2.57. The van der Waals surface area contributed by atoms with E-state index in [1.165, 1.54) is 17.4 Å². The summed E-state index contributed by atoms with van der Waals surface area (Å²) >= 11 is 0. The average Bonchev–Trinajstić information content (AvgIpc) is 2.48. The third kappa shape index (κ3) is 2.29. The molecule has 1 aliphatic rings. The first-order chi connectivity index (χ1) is 10.4. The molecular weight excluding hydrogens is 306 g/mol. The first-order valence-corrected chi connectivity index (χ1v) is 8.52. The largest absolute Gasteiger partial charge is 0.504 e. The molecule has 0 aliphatic carbocycles. The van der Waals surface area contributed by atoms with Crippen LogP contribution in [0.4, 0.5) is 5.82 Å². The minimum atomic E-state index is -3.47. The molecule has 0 bridgehead atoms. The van der Waals surface area contributed by atoms with Crippen LogP contribution in [-0.4, -0.2) is 41.6 Å². The molecule has 7 nitrogen and oxygen atoms in total. The molecule has 1 aliphatic heterocycles. The topological polar surface area (TPSA) is 100 Å². The number of hydrogen-bond donors (Lipinski definition) is 1. The summed E-state index contributed by atoms with van der Waals surface area (Å²) in [5.74, 6) is -0.556. The molecule has 3 heterocycles. The van der Waals surface area contributed by atoms with Gasteiger partial charge in [-0.3, -0.25) is 14.1 Å². The zero-order chi connectivity index (χ0) is 15.9. The number of fused-ring (bicyclic) bond motifs is 1. The highest BCUT2D eigenvalue weighted by Gasteiger charge is 2.30. The standard InChI is InChI=1S/C14H15N3O4S/c1-9(18)11-13(19)12-10(5-4-6-15-12)14(16-11)17-7-2-3-8-22(17,20)21/h4-6,19H,2-3,7-8H2,1H3. The molecule has 0 saturated carbocycles. The molecular formula is C14H15N3O4S. The molecule has 2 aromatic heterocycles. The Labute approximate surface area is 127 Å². The van der Waals surface area contributed by atoms with Crippen molar-refractivity contribution in [3.63, 3.8) is 0 Å². The fourth-order valence-corrected chi connectivity index (χ4v) is 4.17. The van der Waals surface area contributed by atoms with Crippen molar-refractivity contribution < 1.29 is 18.3 Å². The number of nitrogens with zero attached hydrogens (tertiary/aromatic N) is 3. The first-order valence-electron chi connectivity index (χ1n) is 6.91. The molecule has 0 atom stereocenters. The van der Waals surface area contributed by atoms with Crippen LogP contribution in [-0.2, 0) is 10.0 Å². The summed E-state index contributed by atoms with van der Waals surface area (Å²) in [6.45, 7) is 1.58. The highest BCUT2D eigenvalue weighted by molar-refractivity contribution is 7.92. The van der Waals surface area contributed by atoms with E-state index < -0.39 is 15.8 Å². The minimum Gasteiger partial charge on any atom is -0.504 e. The van der Waals surface area contributed by atoms with Gasteiger partial charge in [-0.25, -0.2) is 13.4 Å². The van der Waals surface area contributed by atoms with Crippen molar-refractivity contribution in [2.45, 2.75) is 19.8 Å². The highest BCUT2D eigenvalue weighted by atomic mass is 32.2. The second-order valence-electron chi connectivity index (χ2n) is 5.18. The van der Waals surface area contributed by atoms with Gasteiger partial charge < -0.3 is 5.11 Å². The number of Topliss-reactive ketones (excluding diaryl/α,β-unsaturated/α-hetero) is 1. The Morgan fingerprint density at radius 2 is 2.14 bits per heavy atom. The Hall–Kier alpha value is -2.22. The number of pyridine rings is 2.